The van der Waals surface area contributed by atoms with Crippen LogP contribution in [0.4, 0.5) is 0 Å². The van der Waals surface area contributed by atoms with Crippen LogP contribution in [0.1, 0.15) is 39.4 Å². The zero-order valence-corrected chi connectivity index (χ0v) is 14.4. The van der Waals surface area contributed by atoms with Crippen molar-refractivity contribution in [3.05, 3.63) is 68.2 Å². The molecule has 0 aliphatic rings. The largest absolute Gasteiger partial charge is 0.309 e. The van der Waals surface area contributed by atoms with Gasteiger partial charge in [0.05, 0.1) is 6.04 Å². The van der Waals surface area contributed by atoms with Gasteiger partial charge in [0.25, 0.3) is 0 Å². The van der Waals surface area contributed by atoms with E-state index in [1.807, 2.05) is 7.05 Å². The number of aryl methyl sites for hydroxylation is 4. The Hall–Kier alpha value is -1.12. The highest BCUT2D eigenvalue weighted by Crippen LogP contribution is 2.30. The number of nitrogens with one attached hydrogen (secondary N) is 1. The Morgan fingerprint density at radius 1 is 0.850 bits per heavy atom. The molecular weight excluding hydrogens is 310 g/mol. The smallest absolute Gasteiger partial charge is 0.0579 e. The van der Waals surface area contributed by atoms with Crippen molar-refractivity contribution in [1.29, 1.82) is 0 Å². The zero-order valence-electron chi connectivity index (χ0n) is 12.8. The fourth-order valence-corrected chi connectivity index (χ4v) is 3.20. The Bertz CT molecular complexity index is 632. The third-order valence-corrected chi connectivity index (χ3v) is 4.74. The van der Waals surface area contributed by atoms with Crippen molar-refractivity contribution >= 4 is 15.9 Å². The third kappa shape index (κ3) is 2.97. The van der Waals surface area contributed by atoms with Crippen LogP contribution < -0.4 is 5.32 Å². The average molecular weight is 332 g/mol. The number of hydrogen-bond acceptors (Lipinski definition) is 1. The summed E-state index contributed by atoms with van der Waals surface area (Å²) in [6.07, 6.45) is 0. The molecule has 2 heteroatoms. The first-order valence-electron chi connectivity index (χ1n) is 6.95. The summed E-state index contributed by atoms with van der Waals surface area (Å²) in [6.45, 7) is 8.64. The van der Waals surface area contributed by atoms with Crippen LogP contribution in [-0.2, 0) is 0 Å². The quantitative estimate of drug-likeness (QED) is 0.835. The van der Waals surface area contributed by atoms with Gasteiger partial charge in [-0.15, -0.1) is 0 Å². The zero-order chi connectivity index (χ0) is 14.9. The standard InChI is InChI=1S/C18H22BrN/c1-11-6-7-15(12(2)8-11)18(20-5)16-9-14(4)17(19)10-13(16)3/h6-10,18,20H,1-5H3. The normalized spacial score (nSPS) is 12.5. The topological polar surface area (TPSA) is 12.0 Å². The third-order valence-electron chi connectivity index (χ3n) is 3.88. The van der Waals surface area contributed by atoms with E-state index in [1.54, 1.807) is 0 Å². The molecule has 0 aromatic heterocycles. The number of hydrogen-bond donors (Lipinski definition) is 1. The first kappa shape index (κ1) is 15.3. The van der Waals surface area contributed by atoms with E-state index in [0.29, 0.717) is 0 Å². The minimum Gasteiger partial charge on any atom is -0.309 e. The van der Waals surface area contributed by atoms with Crippen molar-refractivity contribution in [3.8, 4) is 0 Å². The predicted molar refractivity (Wildman–Crippen MR) is 90.4 cm³/mol. The van der Waals surface area contributed by atoms with Crippen molar-refractivity contribution in [2.45, 2.75) is 33.7 Å². The van der Waals surface area contributed by atoms with Gasteiger partial charge in [-0.05, 0) is 68.6 Å². The molecule has 2 rings (SSSR count). The maximum Gasteiger partial charge on any atom is 0.0579 e. The first-order valence-corrected chi connectivity index (χ1v) is 7.74. The highest BCUT2D eigenvalue weighted by Gasteiger charge is 2.17. The molecule has 0 radical (unpaired) electrons. The Morgan fingerprint density at radius 2 is 1.50 bits per heavy atom. The summed E-state index contributed by atoms with van der Waals surface area (Å²) in [5, 5.41) is 3.47. The first-order chi connectivity index (χ1) is 9.43. The molecule has 0 saturated heterocycles. The summed E-state index contributed by atoms with van der Waals surface area (Å²) >= 11 is 3.61. The van der Waals surface area contributed by atoms with Crippen LogP contribution in [0.5, 0.6) is 0 Å². The molecule has 1 N–H and O–H groups in total. The van der Waals surface area contributed by atoms with Gasteiger partial charge in [0.2, 0.25) is 0 Å². The van der Waals surface area contributed by atoms with E-state index in [4.69, 9.17) is 0 Å². The van der Waals surface area contributed by atoms with Crippen LogP contribution >= 0.6 is 15.9 Å². The van der Waals surface area contributed by atoms with Gasteiger partial charge in [-0.25, -0.2) is 0 Å². The molecule has 1 unspecified atom stereocenters. The van der Waals surface area contributed by atoms with Gasteiger partial charge in [-0.1, -0.05) is 45.8 Å². The maximum atomic E-state index is 3.61. The lowest BCUT2D eigenvalue weighted by Gasteiger charge is -2.22. The molecule has 106 valence electrons. The van der Waals surface area contributed by atoms with Crippen molar-refractivity contribution in [3.63, 3.8) is 0 Å². The van der Waals surface area contributed by atoms with Crippen molar-refractivity contribution < 1.29 is 0 Å². The van der Waals surface area contributed by atoms with Gasteiger partial charge in [0, 0.05) is 4.47 Å². The second-order valence-corrected chi connectivity index (χ2v) is 6.39. The van der Waals surface area contributed by atoms with Crippen LogP contribution in [0.25, 0.3) is 0 Å². The van der Waals surface area contributed by atoms with E-state index in [-0.39, 0.29) is 6.04 Å². The summed E-state index contributed by atoms with van der Waals surface area (Å²) in [5.41, 5.74) is 7.93. The molecule has 2 aromatic rings. The van der Waals surface area contributed by atoms with Crippen molar-refractivity contribution in [2.75, 3.05) is 7.05 Å². The second-order valence-electron chi connectivity index (χ2n) is 5.54. The van der Waals surface area contributed by atoms with Gasteiger partial charge in [0.1, 0.15) is 0 Å². The van der Waals surface area contributed by atoms with Gasteiger partial charge in [-0.2, -0.15) is 0 Å². The van der Waals surface area contributed by atoms with E-state index in [2.05, 4.69) is 79.3 Å². The highest BCUT2D eigenvalue weighted by molar-refractivity contribution is 9.10. The highest BCUT2D eigenvalue weighted by atomic mass is 79.9. The summed E-state index contributed by atoms with van der Waals surface area (Å²) in [5.74, 6) is 0. The summed E-state index contributed by atoms with van der Waals surface area (Å²) < 4.78 is 1.18. The van der Waals surface area contributed by atoms with Gasteiger partial charge < -0.3 is 5.32 Å². The van der Waals surface area contributed by atoms with Crippen LogP contribution in [0.2, 0.25) is 0 Å². The number of rotatable bonds is 3. The van der Waals surface area contributed by atoms with Crippen LogP contribution in [0.15, 0.2) is 34.8 Å². The summed E-state index contributed by atoms with van der Waals surface area (Å²) in [6, 6.07) is 11.4. The minimum atomic E-state index is 0.238. The molecule has 20 heavy (non-hydrogen) atoms. The Labute approximate surface area is 130 Å². The number of halogens is 1. The Balaban J connectivity index is 2.55. The predicted octanol–water partition coefficient (Wildman–Crippen LogP) is 4.99. The number of benzene rings is 2. The fraction of sp³-hybridized carbons (Fsp3) is 0.333. The minimum absolute atomic E-state index is 0.238. The van der Waals surface area contributed by atoms with Crippen molar-refractivity contribution in [2.24, 2.45) is 0 Å². The molecular formula is C18H22BrN. The Kier molecular flexibility index (Phi) is 4.66. The van der Waals surface area contributed by atoms with E-state index < -0.39 is 0 Å². The lowest BCUT2D eigenvalue weighted by Crippen LogP contribution is -2.20. The average Bonchev–Trinajstić information content (AvgIpc) is 2.38. The SMILES string of the molecule is CNC(c1ccc(C)cc1C)c1cc(C)c(Br)cc1C. The summed E-state index contributed by atoms with van der Waals surface area (Å²) in [4.78, 5) is 0. The molecule has 0 saturated carbocycles. The molecule has 0 amide bonds. The van der Waals surface area contributed by atoms with Crippen molar-refractivity contribution in [1.82, 2.24) is 5.32 Å². The van der Waals surface area contributed by atoms with Gasteiger partial charge in [0.15, 0.2) is 0 Å². The molecule has 0 aliphatic heterocycles. The summed E-state index contributed by atoms with van der Waals surface area (Å²) in [7, 11) is 2.03. The second kappa shape index (κ2) is 6.11. The monoisotopic (exact) mass is 331 g/mol. The molecule has 0 aliphatic carbocycles. The molecule has 0 fully saturated rings. The molecule has 2 aromatic carbocycles. The lowest BCUT2D eigenvalue weighted by molar-refractivity contribution is 0.682. The Morgan fingerprint density at radius 3 is 2.10 bits per heavy atom. The van der Waals surface area contributed by atoms with Crippen LogP contribution in [-0.4, -0.2) is 7.05 Å². The van der Waals surface area contributed by atoms with E-state index in [9.17, 15) is 0 Å². The maximum absolute atomic E-state index is 3.61. The fourth-order valence-electron chi connectivity index (χ4n) is 2.74. The van der Waals surface area contributed by atoms with Crippen LogP contribution in [0, 0.1) is 27.7 Å². The molecule has 1 atom stereocenters. The molecule has 1 nitrogen and oxygen atoms in total. The van der Waals surface area contributed by atoms with E-state index in [0.717, 1.165) is 0 Å². The van der Waals surface area contributed by atoms with E-state index >= 15 is 0 Å². The van der Waals surface area contributed by atoms with Crippen LogP contribution in [0.3, 0.4) is 0 Å². The van der Waals surface area contributed by atoms with Gasteiger partial charge >= 0.3 is 0 Å². The van der Waals surface area contributed by atoms with E-state index in [1.165, 1.54) is 37.9 Å². The molecule has 0 bridgehead atoms. The molecule has 0 spiro atoms. The lowest BCUT2D eigenvalue weighted by atomic mass is 9.90. The molecule has 0 heterocycles. The van der Waals surface area contributed by atoms with Gasteiger partial charge in [-0.3, -0.25) is 0 Å².